The summed E-state index contributed by atoms with van der Waals surface area (Å²) in [4.78, 5) is 15.7. The maximum Gasteiger partial charge on any atom is 0.238 e. The van der Waals surface area contributed by atoms with Crippen LogP contribution >= 0.6 is 0 Å². The highest BCUT2D eigenvalue weighted by Crippen LogP contribution is 2.10. The van der Waals surface area contributed by atoms with Crippen molar-refractivity contribution in [2.24, 2.45) is 0 Å². The molecule has 1 rings (SSSR count). The minimum absolute atomic E-state index is 0.0833. The zero-order valence-corrected chi connectivity index (χ0v) is 11.0. The molecule has 0 spiro atoms. The lowest BCUT2D eigenvalue weighted by Gasteiger charge is -2.26. The minimum Gasteiger partial charge on any atom is -0.347 e. The van der Waals surface area contributed by atoms with E-state index in [1.807, 2.05) is 6.92 Å². The van der Waals surface area contributed by atoms with E-state index in [0.29, 0.717) is 6.04 Å². The molecule has 0 radical (unpaired) electrons. The average Bonchev–Trinajstić information content (AvgIpc) is 2.77. The van der Waals surface area contributed by atoms with Gasteiger partial charge in [-0.25, -0.2) is 0 Å². The molecule has 0 aromatic carbocycles. The van der Waals surface area contributed by atoms with Crippen LogP contribution < -0.4 is 5.32 Å². The summed E-state index contributed by atoms with van der Waals surface area (Å²) < 4.78 is 0. The third kappa shape index (κ3) is 3.76. The lowest BCUT2D eigenvalue weighted by Crippen LogP contribution is -2.47. The van der Waals surface area contributed by atoms with Crippen LogP contribution in [-0.2, 0) is 4.79 Å². The van der Waals surface area contributed by atoms with Crippen LogP contribution in [0.4, 0.5) is 0 Å². The molecule has 0 aliphatic carbocycles. The number of rotatable bonds is 5. The van der Waals surface area contributed by atoms with E-state index in [2.05, 4.69) is 17.1 Å². The second-order valence-electron chi connectivity index (χ2n) is 4.95. The number of nitrogens with zero attached hydrogens (tertiary/aromatic N) is 2. The summed E-state index contributed by atoms with van der Waals surface area (Å²) in [6, 6.07) is 0.444. The van der Waals surface area contributed by atoms with Crippen molar-refractivity contribution in [1.29, 1.82) is 0 Å². The topological polar surface area (TPSA) is 35.6 Å². The number of carbonyl (C=O) groups excluding carboxylic acids is 1. The van der Waals surface area contributed by atoms with Gasteiger partial charge in [-0.3, -0.25) is 9.69 Å². The molecule has 1 heterocycles. The monoisotopic (exact) mass is 227 g/mol. The lowest BCUT2D eigenvalue weighted by molar-refractivity contribution is -0.130. The van der Waals surface area contributed by atoms with E-state index >= 15 is 0 Å². The Labute approximate surface area is 99.0 Å². The molecule has 1 fully saturated rings. The van der Waals surface area contributed by atoms with Crippen LogP contribution in [0.3, 0.4) is 0 Å². The van der Waals surface area contributed by atoms with E-state index in [1.165, 1.54) is 25.9 Å². The third-order valence-corrected chi connectivity index (χ3v) is 3.29. The molecule has 0 saturated carbocycles. The lowest BCUT2D eigenvalue weighted by atomic mass is 10.2. The molecule has 0 bridgehead atoms. The number of amides is 1. The first-order valence-electron chi connectivity index (χ1n) is 6.21. The summed E-state index contributed by atoms with van der Waals surface area (Å²) in [7, 11) is 3.59. The zero-order valence-electron chi connectivity index (χ0n) is 11.0. The number of likely N-dealkylation sites (tertiary alicyclic amines) is 1. The molecule has 1 amide bonds. The largest absolute Gasteiger partial charge is 0.347 e. The Balaban J connectivity index is 2.25. The summed E-state index contributed by atoms with van der Waals surface area (Å²) in [6.45, 7) is 7.46. The van der Waals surface area contributed by atoms with Gasteiger partial charge >= 0.3 is 0 Å². The van der Waals surface area contributed by atoms with Gasteiger partial charge in [-0.1, -0.05) is 0 Å². The molecule has 2 atom stereocenters. The smallest absolute Gasteiger partial charge is 0.238 e. The van der Waals surface area contributed by atoms with Crippen LogP contribution in [-0.4, -0.2) is 61.5 Å². The Bertz CT molecular complexity index is 224. The molecule has 0 aromatic rings. The number of carbonyl (C=O) groups is 1. The Hall–Kier alpha value is -0.610. The summed E-state index contributed by atoms with van der Waals surface area (Å²) in [5.74, 6) is 0.147. The van der Waals surface area contributed by atoms with Crippen molar-refractivity contribution < 1.29 is 4.79 Å². The van der Waals surface area contributed by atoms with Crippen molar-refractivity contribution in [3.63, 3.8) is 0 Å². The number of hydrogen-bond acceptors (Lipinski definition) is 3. The van der Waals surface area contributed by atoms with E-state index in [9.17, 15) is 4.79 Å². The first kappa shape index (κ1) is 13.5. The Kier molecular flexibility index (Phi) is 5.22. The van der Waals surface area contributed by atoms with Crippen molar-refractivity contribution in [2.75, 3.05) is 33.7 Å². The van der Waals surface area contributed by atoms with Gasteiger partial charge in [0.05, 0.1) is 6.04 Å². The Morgan fingerprint density at radius 1 is 1.31 bits per heavy atom. The number of nitrogens with one attached hydrogen (secondary N) is 1. The fraction of sp³-hybridized carbons (Fsp3) is 0.917. The van der Waals surface area contributed by atoms with Crippen molar-refractivity contribution in [1.82, 2.24) is 15.1 Å². The fourth-order valence-electron chi connectivity index (χ4n) is 2.13. The summed E-state index contributed by atoms with van der Waals surface area (Å²) in [5, 5.41) is 3.31. The molecule has 4 heteroatoms. The predicted octanol–water partition coefficient (Wildman–Crippen LogP) is 0.537. The van der Waals surface area contributed by atoms with Gasteiger partial charge in [0.1, 0.15) is 0 Å². The quantitative estimate of drug-likeness (QED) is 0.744. The van der Waals surface area contributed by atoms with Gasteiger partial charge in [0.15, 0.2) is 0 Å². The molecule has 94 valence electrons. The van der Waals surface area contributed by atoms with Crippen LogP contribution in [0.1, 0.15) is 26.7 Å². The van der Waals surface area contributed by atoms with Gasteiger partial charge in [0, 0.05) is 26.7 Å². The molecule has 1 aliphatic rings. The van der Waals surface area contributed by atoms with Gasteiger partial charge in [-0.05, 0) is 39.8 Å². The highest BCUT2D eigenvalue weighted by atomic mass is 16.2. The summed E-state index contributed by atoms with van der Waals surface area (Å²) in [6.07, 6.45) is 2.63. The van der Waals surface area contributed by atoms with Gasteiger partial charge in [-0.2, -0.15) is 0 Å². The van der Waals surface area contributed by atoms with E-state index in [0.717, 1.165) is 6.54 Å². The van der Waals surface area contributed by atoms with Gasteiger partial charge in [0.25, 0.3) is 0 Å². The van der Waals surface area contributed by atoms with Crippen LogP contribution in [0.5, 0.6) is 0 Å². The van der Waals surface area contributed by atoms with Gasteiger partial charge in [0.2, 0.25) is 5.91 Å². The third-order valence-electron chi connectivity index (χ3n) is 3.29. The number of likely N-dealkylation sites (N-methyl/N-ethyl adjacent to an activating group) is 1. The van der Waals surface area contributed by atoms with E-state index in [-0.39, 0.29) is 11.9 Å². The van der Waals surface area contributed by atoms with Gasteiger partial charge in [-0.15, -0.1) is 0 Å². The molecule has 1 saturated heterocycles. The second kappa shape index (κ2) is 6.21. The molecule has 2 unspecified atom stereocenters. The van der Waals surface area contributed by atoms with Crippen molar-refractivity contribution in [3.8, 4) is 0 Å². The Morgan fingerprint density at radius 3 is 2.38 bits per heavy atom. The summed E-state index contributed by atoms with van der Waals surface area (Å²) in [5.41, 5.74) is 0. The molecule has 1 aliphatic heterocycles. The Morgan fingerprint density at radius 2 is 1.88 bits per heavy atom. The molecule has 1 N–H and O–H groups in total. The number of hydrogen-bond donors (Lipinski definition) is 1. The molecule has 4 nitrogen and oxygen atoms in total. The van der Waals surface area contributed by atoms with Crippen LogP contribution in [0, 0.1) is 0 Å². The van der Waals surface area contributed by atoms with Crippen molar-refractivity contribution >= 4 is 5.91 Å². The van der Waals surface area contributed by atoms with Gasteiger partial charge < -0.3 is 10.2 Å². The first-order chi connectivity index (χ1) is 7.52. The maximum atomic E-state index is 11.6. The van der Waals surface area contributed by atoms with Crippen LogP contribution in [0.15, 0.2) is 0 Å². The predicted molar refractivity (Wildman–Crippen MR) is 66.4 cm³/mol. The molecule has 0 aromatic heterocycles. The highest BCUT2D eigenvalue weighted by Gasteiger charge is 2.20. The maximum absolute atomic E-state index is 11.6. The van der Waals surface area contributed by atoms with Crippen molar-refractivity contribution in [3.05, 3.63) is 0 Å². The molecule has 16 heavy (non-hydrogen) atoms. The summed E-state index contributed by atoms with van der Waals surface area (Å²) >= 11 is 0. The van der Waals surface area contributed by atoms with Crippen LogP contribution in [0.25, 0.3) is 0 Å². The molecular formula is C12H25N3O. The zero-order chi connectivity index (χ0) is 12.1. The first-order valence-corrected chi connectivity index (χ1v) is 6.21. The SMILES string of the molecule is CC(NCC(C)N1CCCC1)C(=O)N(C)C. The molecular weight excluding hydrogens is 202 g/mol. The minimum atomic E-state index is -0.0833. The van der Waals surface area contributed by atoms with Crippen molar-refractivity contribution in [2.45, 2.75) is 38.8 Å². The standard InChI is InChI=1S/C12H25N3O/c1-10(15-7-5-6-8-15)9-13-11(2)12(16)14(3)4/h10-11,13H,5-9H2,1-4H3. The normalized spacial score (nSPS) is 20.8. The van der Waals surface area contributed by atoms with E-state index in [1.54, 1.807) is 19.0 Å². The van der Waals surface area contributed by atoms with E-state index in [4.69, 9.17) is 0 Å². The fourth-order valence-corrected chi connectivity index (χ4v) is 2.13. The van der Waals surface area contributed by atoms with Crippen LogP contribution in [0.2, 0.25) is 0 Å². The second-order valence-corrected chi connectivity index (χ2v) is 4.95. The average molecular weight is 227 g/mol. The van der Waals surface area contributed by atoms with E-state index < -0.39 is 0 Å². The highest BCUT2D eigenvalue weighted by molar-refractivity contribution is 5.80.